The summed E-state index contributed by atoms with van der Waals surface area (Å²) in [6.45, 7) is 7.49. The van der Waals surface area contributed by atoms with E-state index in [1.807, 2.05) is 25.7 Å². The molecule has 2 rings (SSSR count). The number of rotatable bonds is 4. The SMILES string of the molecule is COc1cc(Cl)ccc1C(=O)N1CCC(CN(C)C(=O)OC(C)(C)C)CC1. The van der Waals surface area contributed by atoms with Gasteiger partial charge in [-0.15, -0.1) is 0 Å². The Morgan fingerprint density at radius 1 is 1.26 bits per heavy atom. The molecule has 150 valence electrons. The summed E-state index contributed by atoms with van der Waals surface area (Å²) in [5.41, 5.74) is 0.0184. The normalized spacial score (nSPS) is 15.4. The molecule has 0 N–H and O–H groups in total. The molecule has 0 radical (unpaired) electrons. The molecule has 0 spiro atoms. The van der Waals surface area contributed by atoms with E-state index < -0.39 is 5.60 Å². The maximum Gasteiger partial charge on any atom is 0.410 e. The van der Waals surface area contributed by atoms with Crippen LogP contribution in [0, 0.1) is 5.92 Å². The molecule has 1 aliphatic rings. The lowest BCUT2D eigenvalue weighted by atomic mass is 9.96. The molecule has 1 saturated heterocycles. The number of amides is 2. The smallest absolute Gasteiger partial charge is 0.410 e. The highest BCUT2D eigenvalue weighted by Crippen LogP contribution is 2.27. The number of halogens is 1. The second-order valence-corrected chi connectivity index (χ2v) is 8.38. The van der Waals surface area contributed by atoms with Gasteiger partial charge >= 0.3 is 6.09 Å². The summed E-state index contributed by atoms with van der Waals surface area (Å²) in [5, 5.41) is 0.535. The molecule has 0 saturated carbocycles. The van der Waals surface area contributed by atoms with Crippen LogP contribution in [0.4, 0.5) is 4.79 Å². The number of hydrogen-bond donors (Lipinski definition) is 0. The van der Waals surface area contributed by atoms with Gasteiger partial charge in [-0.3, -0.25) is 4.79 Å². The van der Waals surface area contributed by atoms with E-state index in [4.69, 9.17) is 21.1 Å². The molecule has 7 heteroatoms. The van der Waals surface area contributed by atoms with Crippen LogP contribution in [0.15, 0.2) is 18.2 Å². The molecule has 1 aliphatic heterocycles. The Morgan fingerprint density at radius 2 is 1.89 bits per heavy atom. The van der Waals surface area contributed by atoms with Crippen molar-refractivity contribution in [3.05, 3.63) is 28.8 Å². The van der Waals surface area contributed by atoms with Crippen LogP contribution in [-0.2, 0) is 4.74 Å². The number of carbonyl (C=O) groups is 2. The van der Waals surface area contributed by atoms with E-state index in [9.17, 15) is 9.59 Å². The van der Waals surface area contributed by atoms with E-state index in [1.54, 1.807) is 30.1 Å². The lowest BCUT2D eigenvalue weighted by molar-refractivity contribution is 0.0245. The van der Waals surface area contributed by atoms with E-state index in [2.05, 4.69) is 0 Å². The van der Waals surface area contributed by atoms with Crippen LogP contribution in [0.3, 0.4) is 0 Å². The van der Waals surface area contributed by atoms with Crippen molar-refractivity contribution in [3.63, 3.8) is 0 Å². The molecular weight excluding hydrogens is 368 g/mol. The van der Waals surface area contributed by atoms with Crippen LogP contribution in [-0.4, -0.2) is 61.2 Å². The number of ether oxygens (including phenoxy) is 2. The molecule has 2 amide bonds. The van der Waals surface area contributed by atoms with Gasteiger partial charge in [-0.25, -0.2) is 4.79 Å². The summed E-state index contributed by atoms with van der Waals surface area (Å²) >= 11 is 5.97. The zero-order valence-electron chi connectivity index (χ0n) is 16.8. The lowest BCUT2D eigenvalue weighted by Gasteiger charge is -2.34. The first kappa shape index (κ1) is 21.4. The maximum absolute atomic E-state index is 12.8. The quantitative estimate of drug-likeness (QED) is 0.769. The molecular formula is C20H29ClN2O4. The van der Waals surface area contributed by atoms with Gasteiger partial charge in [0.25, 0.3) is 5.91 Å². The van der Waals surface area contributed by atoms with Crippen LogP contribution in [0.1, 0.15) is 44.0 Å². The zero-order valence-corrected chi connectivity index (χ0v) is 17.5. The van der Waals surface area contributed by atoms with Gasteiger partial charge in [-0.05, 0) is 57.7 Å². The number of nitrogens with zero attached hydrogens (tertiary/aromatic N) is 2. The molecule has 0 unspecified atom stereocenters. The molecule has 0 bridgehead atoms. The lowest BCUT2D eigenvalue weighted by Crippen LogP contribution is -2.43. The van der Waals surface area contributed by atoms with Crippen molar-refractivity contribution in [1.29, 1.82) is 0 Å². The number of methoxy groups -OCH3 is 1. The predicted octanol–water partition coefficient (Wildman–Crippen LogP) is 4.07. The first-order valence-electron chi connectivity index (χ1n) is 9.17. The summed E-state index contributed by atoms with van der Waals surface area (Å²) in [5.74, 6) is 0.778. The molecule has 1 heterocycles. The third kappa shape index (κ3) is 6.03. The summed E-state index contributed by atoms with van der Waals surface area (Å²) in [4.78, 5) is 28.4. The van der Waals surface area contributed by atoms with E-state index in [1.165, 1.54) is 7.11 Å². The molecule has 1 fully saturated rings. The van der Waals surface area contributed by atoms with Gasteiger partial charge in [-0.2, -0.15) is 0 Å². The third-order valence-corrected chi connectivity index (χ3v) is 4.77. The van der Waals surface area contributed by atoms with Gasteiger partial charge in [0, 0.05) is 31.7 Å². The van der Waals surface area contributed by atoms with E-state index in [0.29, 0.717) is 41.9 Å². The largest absolute Gasteiger partial charge is 0.496 e. The van der Waals surface area contributed by atoms with Crippen LogP contribution in [0.5, 0.6) is 5.75 Å². The zero-order chi connectivity index (χ0) is 20.2. The third-order valence-electron chi connectivity index (χ3n) is 4.53. The van der Waals surface area contributed by atoms with Crippen molar-refractivity contribution in [2.24, 2.45) is 5.92 Å². The number of benzene rings is 1. The standard InChI is InChI=1S/C20H29ClN2O4/c1-20(2,3)27-19(25)22(4)13-14-8-10-23(11-9-14)18(24)16-7-6-15(21)12-17(16)26-5/h6-7,12,14H,8-11,13H2,1-5H3. The summed E-state index contributed by atoms with van der Waals surface area (Å²) in [6.07, 6.45) is 1.37. The predicted molar refractivity (Wildman–Crippen MR) is 105 cm³/mol. The Balaban J connectivity index is 1.90. The van der Waals surface area contributed by atoms with Crippen molar-refractivity contribution in [2.75, 3.05) is 33.8 Å². The van der Waals surface area contributed by atoms with Gasteiger partial charge in [-0.1, -0.05) is 11.6 Å². The fourth-order valence-corrected chi connectivity index (χ4v) is 3.29. The van der Waals surface area contributed by atoms with E-state index >= 15 is 0 Å². The van der Waals surface area contributed by atoms with Gasteiger partial charge < -0.3 is 19.3 Å². The fraction of sp³-hybridized carbons (Fsp3) is 0.600. The van der Waals surface area contributed by atoms with E-state index in [-0.39, 0.29) is 12.0 Å². The van der Waals surface area contributed by atoms with Gasteiger partial charge in [0.2, 0.25) is 0 Å². The number of hydrogen-bond acceptors (Lipinski definition) is 4. The minimum Gasteiger partial charge on any atom is -0.496 e. The highest BCUT2D eigenvalue weighted by molar-refractivity contribution is 6.30. The Kier molecular flexibility index (Phi) is 6.98. The minimum absolute atomic E-state index is 0.0533. The molecule has 1 aromatic carbocycles. The second kappa shape index (κ2) is 8.83. The number of carbonyl (C=O) groups excluding carboxylic acids is 2. The number of piperidine rings is 1. The van der Waals surface area contributed by atoms with Crippen molar-refractivity contribution in [1.82, 2.24) is 9.80 Å². The van der Waals surface area contributed by atoms with Gasteiger partial charge in [0.05, 0.1) is 12.7 Å². The first-order valence-corrected chi connectivity index (χ1v) is 9.55. The maximum atomic E-state index is 12.8. The minimum atomic E-state index is -0.501. The van der Waals surface area contributed by atoms with Crippen LogP contribution in [0.25, 0.3) is 0 Å². The Hall–Kier alpha value is -1.95. The highest BCUT2D eigenvalue weighted by Gasteiger charge is 2.28. The molecule has 6 nitrogen and oxygen atoms in total. The van der Waals surface area contributed by atoms with Crippen molar-refractivity contribution in [2.45, 2.75) is 39.2 Å². The molecule has 0 aromatic heterocycles. The Morgan fingerprint density at radius 3 is 2.44 bits per heavy atom. The van der Waals surface area contributed by atoms with Crippen LogP contribution < -0.4 is 4.74 Å². The molecule has 27 heavy (non-hydrogen) atoms. The second-order valence-electron chi connectivity index (χ2n) is 7.94. The average Bonchev–Trinajstić information content (AvgIpc) is 2.60. The van der Waals surface area contributed by atoms with Crippen molar-refractivity contribution < 1.29 is 19.1 Å². The highest BCUT2D eigenvalue weighted by atomic mass is 35.5. The van der Waals surface area contributed by atoms with Crippen molar-refractivity contribution in [3.8, 4) is 5.75 Å². The summed E-state index contributed by atoms with van der Waals surface area (Å²) in [6, 6.07) is 5.04. The van der Waals surface area contributed by atoms with Crippen LogP contribution in [0.2, 0.25) is 5.02 Å². The Bertz CT molecular complexity index is 679. The van der Waals surface area contributed by atoms with Crippen molar-refractivity contribution >= 4 is 23.6 Å². The van der Waals surface area contributed by atoms with E-state index in [0.717, 1.165) is 12.8 Å². The molecule has 0 aliphatic carbocycles. The monoisotopic (exact) mass is 396 g/mol. The summed E-state index contributed by atoms with van der Waals surface area (Å²) < 4.78 is 10.7. The molecule has 0 atom stereocenters. The Labute approximate surface area is 166 Å². The number of likely N-dealkylation sites (tertiary alicyclic amines) is 1. The van der Waals surface area contributed by atoms with Gasteiger partial charge in [0.1, 0.15) is 11.4 Å². The first-order chi connectivity index (χ1) is 12.6. The molecule has 1 aromatic rings. The average molecular weight is 397 g/mol. The topological polar surface area (TPSA) is 59.1 Å². The fourth-order valence-electron chi connectivity index (χ4n) is 3.13. The van der Waals surface area contributed by atoms with Gasteiger partial charge in [0.15, 0.2) is 0 Å². The summed E-state index contributed by atoms with van der Waals surface area (Å²) in [7, 11) is 3.28. The van der Waals surface area contributed by atoms with Crippen LogP contribution >= 0.6 is 11.6 Å².